The number of hydrogen-bond donors (Lipinski definition) is 1. The summed E-state index contributed by atoms with van der Waals surface area (Å²) in [5.74, 6) is 0.702. The van der Waals surface area contributed by atoms with Crippen LogP contribution in [-0.2, 0) is 0 Å². The number of rotatable bonds is 4. The fourth-order valence-corrected chi connectivity index (χ4v) is 3.33. The number of likely N-dealkylation sites (tertiary alicyclic amines) is 1. The summed E-state index contributed by atoms with van der Waals surface area (Å²) in [7, 11) is 0. The molecule has 0 atom stereocenters. The highest BCUT2D eigenvalue weighted by atomic mass is 15.2. The lowest BCUT2D eigenvalue weighted by Crippen LogP contribution is -2.39. The predicted octanol–water partition coefficient (Wildman–Crippen LogP) is 3.45. The van der Waals surface area contributed by atoms with Crippen LogP contribution < -0.4 is 5.73 Å². The Hall–Kier alpha value is -1.64. The van der Waals surface area contributed by atoms with Crippen LogP contribution in [-0.4, -0.2) is 24.5 Å². The van der Waals surface area contributed by atoms with E-state index in [0.717, 1.165) is 19.6 Å². The van der Waals surface area contributed by atoms with Crippen molar-refractivity contribution in [2.45, 2.75) is 18.9 Å². The van der Waals surface area contributed by atoms with Gasteiger partial charge in [0, 0.05) is 0 Å². The monoisotopic (exact) mass is 280 g/mol. The molecule has 3 rings (SSSR count). The van der Waals surface area contributed by atoms with E-state index in [0.29, 0.717) is 12.0 Å². The van der Waals surface area contributed by atoms with Crippen LogP contribution in [0, 0.1) is 5.92 Å². The van der Waals surface area contributed by atoms with E-state index in [1.54, 1.807) is 0 Å². The van der Waals surface area contributed by atoms with Gasteiger partial charge in [0.05, 0.1) is 6.04 Å². The lowest BCUT2D eigenvalue weighted by Gasteiger charge is -2.38. The van der Waals surface area contributed by atoms with Gasteiger partial charge in [0.15, 0.2) is 0 Å². The molecule has 0 bridgehead atoms. The molecule has 21 heavy (non-hydrogen) atoms. The van der Waals surface area contributed by atoms with Crippen LogP contribution in [0.15, 0.2) is 60.7 Å². The molecule has 1 heterocycles. The third-order valence-electron chi connectivity index (χ3n) is 4.58. The topological polar surface area (TPSA) is 29.3 Å². The minimum atomic E-state index is 0.367. The highest BCUT2D eigenvalue weighted by Crippen LogP contribution is 2.31. The summed E-state index contributed by atoms with van der Waals surface area (Å²) < 4.78 is 0. The molecule has 1 saturated heterocycles. The van der Waals surface area contributed by atoms with Crippen molar-refractivity contribution in [3.63, 3.8) is 0 Å². The zero-order valence-electron chi connectivity index (χ0n) is 12.5. The second-order valence-corrected chi connectivity index (χ2v) is 5.94. The van der Waals surface area contributed by atoms with Crippen molar-refractivity contribution in [1.82, 2.24) is 4.90 Å². The van der Waals surface area contributed by atoms with E-state index < -0.39 is 0 Å². The molecular formula is C19H24N2. The first-order valence-corrected chi connectivity index (χ1v) is 7.92. The normalized spacial score (nSPS) is 17.2. The smallest absolute Gasteiger partial charge is 0.0601 e. The van der Waals surface area contributed by atoms with Crippen LogP contribution >= 0.6 is 0 Å². The minimum absolute atomic E-state index is 0.367. The van der Waals surface area contributed by atoms with Gasteiger partial charge in [-0.2, -0.15) is 0 Å². The summed E-state index contributed by atoms with van der Waals surface area (Å²) in [5, 5.41) is 0. The molecule has 2 heteroatoms. The van der Waals surface area contributed by atoms with Gasteiger partial charge in [-0.1, -0.05) is 60.7 Å². The Bertz CT molecular complexity index is 491. The Balaban J connectivity index is 1.87. The van der Waals surface area contributed by atoms with Gasteiger partial charge < -0.3 is 5.73 Å². The summed E-state index contributed by atoms with van der Waals surface area (Å²) in [6.07, 6.45) is 2.43. The average molecular weight is 280 g/mol. The predicted molar refractivity (Wildman–Crippen MR) is 88.1 cm³/mol. The number of nitrogens with two attached hydrogens (primary N) is 1. The molecule has 1 aliphatic rings. The van der Waals surface area contributed by atoms with Crippen LogP contribution in [0.5, 0.6) is 0 Å². The second kappa shape index (κ2) is 6.88. The van der Waals surface area contributed by atoms with Crippen LogP contribution in [0.1, 0.15) is 30.0 Å². The minimum Gasteiger partial charge on any atom is -0.330 e. The standard InChI is InChI=1S/C19H24N2/c20-15-16-11-13-21(14-12-16)19(17-7-3-1-4-8-17)18-9-5-2-6-10-18/h1-10,16,19H,11-15,20H2. The summed E-state index contributed by atoms with van der Waals surface area (Å²) in [6.45, 7) is 3.10. The Morgan fingerprint density at radius 1 is 0.857 bits per heavy atom. The lowest BCUT2D eigenvalue weighted by atomic mass is 9.91. The van der Waals surface area contributed by atoms with Crippen LogP contribution in [0.4, 0.5) is 0 Å². The second-order valence-electron chi connectivity index (χ2n) is 5.94. The molecule has 0 amide bonds. The third-order valence-corrected chi connectivity index (χ3v) is 4.58. The molecular weight excluding hydrogens is 256 g/mol. The molecule has 0 saturated carbocycles. The van der Waals surface area contributed by atoms with Crippen LogP contribution in [0.3, 0.4) is 0 Å². The quantitative estimate of drug-likeness (QED) is 0.929. The Kier molecular flexibility index (Phi) is 4.69. The van der Waals surface area contributed by atoms with Crippen molar-refractivity contribution >= 4 is 0 Å². The molecule has 1 aliphatic heterocycles. The van der Waals surface area contributed by atoms with Crippen molar-refractivity contribution < 1.29 is 0 Å². The molecule has 0 aliphatic carbocycles. The molecule has 0 aromatic heterocycles. The lowest BCUT2D eigenvalue weighted by molar-refractivity contribution is 0.154. The van der Waals surface area contributed by atoms with Gasteiger partial charge in [0.1, 0.15) is 0 Å². The largest absolute Gasteiger partial charge is 0.330 e. The highest BCUT2D eigenvalue weighted by Gasteiger charge is 2.26. The SMILES string of the molecule is NCC1CCN(C(c2ccccc2)c2ccccc2)CC1. The highest BCUT2D eigenvalue weighted by molar-refractivity contribution is 5.31. The van der Waals surface area contributed by atoms with E-state index >= 15 is 0 Å². The van der Waals surface area contributed by atoms with Crippen molar-refractivity contribution in [2.75, 3.05) is 19.6 Å². The fourth-order valence-electron chi connectivity index (χ4n) is 3.33. The van der Waals surface area contributed by atoms with E-state index in [2.05, 4.69) is 65.6 Å². The maximum atomic E-state index is 5.83. The maximum Gasteiger partial charge on any atom is 0.0601 e. The van der Waals surface area contributed by atoms with Gasteiger partial charge in [-0.05, 0) is 49.5 Å². The van der Waals surface area contributed by atoms with Gasteiger partial charge in [0.2, 0.25) is 0 Å². The first kappa shape index (κ1) is 14.3. The Labute approximate surface area is 127 Å². The zero-order chi connectivity index (χ0) is 14.5. The fraction of sp³-hybridized carbons (Fsp3) is 0.368. The van der Waals surface area contributed by atoms with E-state index in [9.17, 15) is 0 Å². The molecule has 2 aromatic rings. The summed E-state index contributed by atoms with van der Waals surface area (Å²) in [5.41, 5.74) is 8.60. The molecule has 0 radical (unpaired) electrons. The van der Waals surface area contributed by atoms with Gasteiger partial charge in [-0.3, -0.25) is 4.90 Å². The van der Waals surface area contributed by atoms with Crippen LogP contribution in [0.2, 0.25) is 0 Å². The molecule has 2 aromatic carbocycles. The van der Waals surface area contributed by atoms with Gasteiger partial charge in [0.25, 0.3) is 0 Å². The molecule has 0 unspecified atom stereocenters. The number of benzene rings is 2. The summed E-state index contributed by atoms with van der Waals surface area (Å²) >= 11 is 0. The first-order valence-electron chi connectivity index (χ1n) is 7.92. The molecule has 110 valence electrons. The Morgan fingerprint density at radius 2 is 1.33 bits per heavy atom. The van der Waals surface area contributed by atoms with E-state index in [4.69, 9.17) is 5.73 Å². The van der Waals surface area contributed by atoms with Crippen molar-refractivity contribution in [3.05, 3.63) is 71.8 Å². The molecule has 0 spiro atoms. The number of hydrogen-bond acceptors (Lipinski definition) is 2. The Morgan fingerprint density at radius 3 is 1.76 bits per heavy atom. The van der Waals surface area contributed by atoms with Crippen molar-refractivity contribution in [3.8, 4) is 0 Å². The van der Waals surface area contributed by atoms with E-state index in [-0.39, 0.29) is 0 Å². The van der Waals surface area contributed by atoms with E-state index in [1.807, 2.05) is 0 Å². The summed E-state index contributed by atoms with van der Waals surface area (Å²) in [4.78, 5) is 2.61. The van der Waals surface area contributed by atoms with Gasteiger partial charge in [-0.15, -0.1) is 0 Å². The van der Waals surface area contributed by atoms with Gasteiger partial charge in [-0.25, -0.2) is 0 Å². The zero-order valence-corrected chi connectivity index (χ0v) is 12.5. The summed E-state index contributed by atoms with van der Waals surface area (Å²) in [6, 6.07) is 22.1. The average Bonchev–Trinajstić information content (AvgIpc) is 2.58. The molecule has 2 N–H and O–H groups in total. The first-order chi connectivity index (χ1) is 10.4. The van der Waals surface area contributed by atoms with Crippen LogP contribution in [0.25, 0.3) is 0 Å². The van der Waals surface area contributed by atoms with Gasteiger partial charge >= 0.3 is 0 Å². The van der Waals surface area contributed by atoms with Crippen molar-refractivity contribution in [1.29, 1.82) is 0 Å². The molecule has 2 nitrogen and oxygen atoms in total. The maximum absolute atomic E-state index is 5.83. The van der Waals surface area contributed by atoms with E-state index in [1.165, 1.54) is 24.0 Å². The number of piperidine rings is 1. The molecule has 1 fully saturated rings. The van der Waals surface area contributed by atoms with Crippen molar-refractivity contribution in [2.24, 2.45) is 11.7 Å². The third kappa shape index (κ3) is 3.34. The number of nitrogens with zero attached hydrogens (tertiary/aromatic N) is 1.